The smallest absolute Gasteiger partial charge is 0.295 e. The van der Waals surface area contributed by atoms with Crippen molar-refractivity contribution in [3.63, 3.8) is 0 Å². The van der Waals surface area contributed by atoms with Crippen LogP contribution in [0.15, 0.2) is 48.0 Å². The minimum absolute atomic E-state index is 0.0122. The van der Waals surface area contributed by atoms with Crippen LogP contribution in [0.1, 0.15) is 31.0 Å². The van der Waals surface area contributed by atoms with Gasteiger partial charge in [0.1, 0.15) is 24.7 Å². The molecule has 2 N–H and O–H groups in total. The fraction of sp³-hybridized carbons (Fsp3) is 0.360. The molecule has 0 saturated carbocycles. The van der Waals surface area contributed by atoms with E-state index in [9.17, 15) is 19.8 Å². The second-order valence-electron chi connectivity index (χ2n) is 7.97. The van der Waals surface area contributed by atoms with E-state index in [2.05, 4.69) is 4.90 Å². The second kappa shape index (κ2) is 9.54. The van der Waals surface area contributed by atoms with Crippen LogP contribution in [-0.2, 0) is 9.59 Å². The number of ether oxygens (including phenoxy) is 2. The maximum atomic E-state index is 13.1. The van der Waals surface area contributed by atoms with E-state index in [1.165, 1.54) is 17.0 Å². The monoisotopic (exact) mass is 452 g/mol. The van der Waals surface area contributed by atoms with Crippen molar-refractivity contribution in [3.8, 4) is 17.2 Å². The third-order valence-corrected chi connectivity index (χ3v) is 6.09. The number of fused-ring (bicyclic) bond motifs is 1. The fourth-order valence-electron chi connectivity index (χ4n) is 4.29. The summed E-state index contributed by atoms with van der Waals surface area (Å²) in [6, 6.07) is 10.5. The van der Waals surface area contributed by atoms with Gasteiger partial charge < -0.3 is 29.5 Å². The number of hydrogen-bond acceptors (Lipinski definition) is 7. The van der Waals surface area contributed by atoms with E-state index in [1.807, 2.05) is 13.8 Å². The van der Waals surface area contributed by atoms with E-state index < -0.39 is 17.7 Å². The van der Waals surface area contributed by atoms with E-state index in [1.54, 1.807) is 30.3 Å². The molecule has 0 bridgehead atoms. The molecular weight excluding hydrogens is 424 g/mol. The van der Waals surface area contributed by atoms with Crippen LogP contribution in [0, 0.1) is 0 Å². The molecule has 33 heavy (non-hydrogen) atoms. The van der Waals surface area contributed by atoms with Crippen LogP contribution < -0.4 is 9.47 Å². The number of aliphatic hydroxyl groups excluding tert-OH is 1. The summed E-state index contributed by atoms with van der Waals surface area (Å²) in [7, 11) is 0. The normalized spacial score (nSPS) is 19.4. The molecule has 1 fully saturated rings. The highest BCUT2D eigenvalue weighted by molar-refractivity contribution is 6.46. The topological polar surface area (TPSA) is 99.5 Å². The van der Waals surface area contributed by atoms with Gasteiger partial charge in [-0.25, -0.2) is 0 Å². The SMILES string of the molecule is CCN(CC)CCN1C(=O)C(=O)/C(=C(/O)c2ccc3c(c2)OCCO3)[C@H]1c1cccc(O)c1. The Morgan fingerprint density at radius 3 is 2.48 bits per heavy atom. The van der Waals surface area contributed by atoms with Crippen molar-refractivity contribution in [1.29, 1.82) is 0 Å². The highest BCUT2D eigenvalue weighted by atomic mass is 16.6. The molecule has 1 saturated heterocycles. The molecular formula is C25H28N2O6. The van der Waals surface area contributed by atoms with E-state index in [0.717, 1.165) is 13.1 Å². The summed E-state index contributed by atoms with van der Waals surface area (Å²) >= 11 is 0. The zero-order chi connectivity index (χ0) is 23.5. The fourth-order valence-corrected chi connectivity index (χ4v) is 4.29. The number of rotatable bonds is 7. The molecule has 0 unspecified atom stereocenters. The molecule has 0 aliphatic carbocycles. The van der Waals surface area contributed by atoms with Crippen LogP contribution in [0.5, 0.6) is 17.2 Å². The van der Waals surface area contributed by atoms with Crippen molar-refractivity contribution in [2.45, 2.75) is 19.9 Å². The third kappa shape index (κ3) is 4.39. The van der Waals surface area contributed by atoms with Gasteiger partial charge in [-0.1, -0.05) is 26.0 Å². The number of carbonyl (C=O) groups excluding carboxylic acids is 2. The van der Waals surface area contributed by atoms with Crippen molar-refractivity contribution in [1.82, 2.24) is 9.80 Å². The van der Waals surface area contributed by atoms with Crippen LogP contribution in [0.2, 0.25) is 0 Å². The predicted octanol–water partition coefficient (Wildman–Crippen LogP) is 2.93. The quantitative estimate of drug-likeness (QED) is 0.379. The lowest BCUT2D eigenvalue weighted by atomic mass is 9.95. The first-order valence-electron chi connectivity index (χ1n) is 11.1. The minimum Gasteiger partial charge on any atom is -0.508 e. The molecule has 8 nitrogen and oxygen atoms in total. The van der Waals surface area contributed by atoms with Gasteiger partial charge in [0.25, 0.3) is 11.7 Å². The first-order chi connectivity index (χ1) is 15.9. The molecule has 2 aliphatic rings. The van der Waals surface area contributed by atoms with Crippen molar-refractivity contribution >= 4 is 17.4 Å². The van der Waals surface area contributed by atoms with Crippen molar-refractivity contribution in [2.75, 3.05) is 39.4 Å². The van der Waals surface area contributed by atoms with Gasteiger partial charge in [-0.05, 0) is 49.0 Å². The van der Waals surface area contributed by atoms with Crippen LogP contribution >= 0.6 is 0 Å². The van der Waals surface area contributed by atoms with E-state index >= 15 is 0 Å². The maximum Gasteiger partial charge on any atom is 0.295 e. The zero-order valence-electron chi connectivity index (χ0n) is 18.8. The van der Waals surface area contributed by atoms with E-state index in [4.69, 9.17) is 9.47 Å². The Kier molecular flexibility index (Phi) is 6.55. The number of phenolic OH excluding ortho intramolecular Hbond substituents is 1. The van der Waals surface area contributed by atoms with Gasteiger partial charge in [-0.2, -0.15) is 0 Å². The lowest BCUT2D eigenvalue weighted by Crippen LogP contribution is -2.38. The summed E-state index contributed by atoms with van der Waals surface area (Å²) in [5.41, 5.74) is 0.890. The molecule has 174 valence electrons. The van der Waals surface area contributed by atoms with Gasteiger partial charge in [-0.3, -0.25) is 9.59 Å². The number of carbonyl (C=O) groups is 2. The molecule has 8 heteroatoms. The Balaban J connectivity index is 1.79. The van der Waals surface area contributed by atoms with Crippen molar-refractivity contribution < 1.29 is 29.3 Å². The zero-order valence-corrected chi connectivity index (χ0v) is 18.8. The standard InChI is InChI=1S/C25H28N2O6/c1-3-26(4-2)10-11-27-22(16-6-5-7-18(28)14-16)21(24(30)25(27)31)23(29)17-8-9-19-20(15-17)33-13-12-32-19/h5-9,14-15,22,28-29H,3-4,10-13H2,1-2H3/b23-21+/t22-/m1/s1. The molecule has 4 rings (SSSR count). The average molecular weight is 453 g/mol. The molecule has 2 aromatic carbocycles. The van der Waals surface area contributed by atoms with Crippen LogP contribution in [0.4, 0.5) is 0 Å². The van der Waals surface area contributed by atoms with Gasteiger partial charge in [0, 0.05) is 18.7 Å². The van der Waals surface area contributed by atoms with E-state index in [0.29, 0.717) is 48.9 Å². The number of benzene rings is 2. The highest BCUT2D eigenvalue weighted by Gasteiger charge is 2.46. The van der Waals surface area contributed by atoms with Gasteiger partial charge >= 0.3 is 0 Å². The van der Waals surface area contributed by atoms with Crippen LogP contribution in [0.25, 0.3) is 5.76 Å². The lowest BCUT2D eigenvalue weighted by Gasteiger charge is -2.28. The number of phenols is 1. The first kappa shape index (κ1) is 22.7. The second-order valence-corrected chi connectivity index (χ2v) is 7.97. The maximum absolute atomic E-state index is 13.1. The minimum atomic E-state index is -0.819. The summed E-state index contributed by atoms with van der Waals surface area (Å²) < 4.78 is 11.1. The Morgan fingerprint density at radius 2 is 1.79 bits per heavy atom. The Hall–Kier alpha value is -3.52. The van der Waals surface area contributed by atoms with Crippen LogP contribution in [0.3, 0.4) is 0 Å². The molecule has 1 atom stereocenters. The number of aliphatic hydroxyl groups is 1. The summed E-state index contributed by atoms with van der Waals surface area (Å²) in [6.07, 6.45) is 0. The van der Waals surface area contributed by atoms with E-state index in [-0.39, 0.29) is 17.1 Å². The van der Waals surface area contributed by atoms with Gasteiger partial charge in [0.15, 0.2) is 11.5 Å². The average Bonchev–Trinajstić information content (AvgIpc) is 3.09. The predicted molar refractivity (Wildman–Crippen MR) is 122 cm³/mol. The summed E-state index contributed by atoms with van der Waals surface area (Å²) in [6.45, 7) is 7.41. The van der Waals surface area contributed by atoms with Gasteiger partial charge in [0.05, 0.1) is 11.6 Å². The number of likely N-dealkylation sites (tertiary alicyclic amines) is 1. The molecule has 0 spiro atoms. The number of aromatic hydroxyl groups is 1. The van der Waals surface area contributed by atoms with Gasteiger partial charge in [-0.15, -0.1) is 0 Å². The van der Waals surface area contributed by atoms with Crippen molar-refractivity contribution in [3.05, 3.63) is 59.2 Å². The summed E-state index contributed by atoms with van der Waals surface area (Å²) in [5, 5.41) is 21.3. The number of nitrogens with zero attached hydrogens (tertiary/aromatic N) is 2. The number of likely N-dealkylation sites (N-methyl/N-ethyl adjacent to an activating group) is 1. The largest absolute Gasteiger partial charge is 0.508 e. The Morgan fingerprint density at radius 1 is 1.06 bits per heavy atom. The van der Waals surface area contributed by atoms with Crippen LogP contribution in [-0.4, -0.2) is 71.1 Å². The molecule has 0 aromatic heterocycles. The molecule has 2 aliphatic heterocycles. The summed E-state index contributed by atoms with van der Waals surface area (Å²) in [4.78, 5) is 29.8. The highest BCUT2D eigenvalue weighted by Crippen LogP contribution is 2.41. The molecule has 1 amide bonds. The first-order valence-corrected chi connectivity index (χ1v) is 11.1. The number of ketones is 1. The number of Topliss-reactive ketones (excluding diaryl/α,β-unsaturated/α-hetero) is 1. The lowest BCUT2D eigenvalue weighted by molar-refractivity contribution is -0.140. The van der Waals surface area contributed by atoms with Crippen molar-refractivity contribution in [2.24, 2.45) is 0 Å². The van der Waals surface area contributed by atoms with Gasteiger partial charge in [0.2, 0.25) is 0 Å². The molecule has 2 aromatic rings. The third-order valence-electron chi connectivity index (χ3n) is 6.09. The number of amides is 1. The Labute approximate surface area is 192 Å². The number of hydrogen-bond donors (Lipinski definition) is 2. The molecule has 2 heterocycles. The Bertz CT molecular complexity index is 1090. The summed E-state index contributed by atoms with van der Waals surface area (Å²) in [5.74, 6) is -0.674. The molecule has 0 radical (unpaired) electrons.